The van der Waals surface area contributed by atoms with Gasteiger partial charge in [-0.25, -0.2) is 4.79 Å². The minimum Gasteiger partial charge on any atom is -0.482 e. The number of aliphatic carboxylic acids is 1. The molecule has 0 unspecified atom stereocenters. The Bertz CT molecular complexity index is 997. The van der Waals surface area contributed by atoms with Crippen LogP contribution in [0.1, 0.15) is 18.1 Å². The summed E-state index contributed by atoms with van der Waals surface area (Å²) >= 11 is 5.19. The van der Waals surface area contributed by atoms with E-state index in [2.05, 4.69) is 5.32 Å². The monoisotopic (exact) mass is 410 g/mol. The molecule has 1 saturated heterocycles. The Kier molecular flexibility index (Phi) is 6.04. The molecule has 0 spiro atoms. The van der Waals surface area contributed by atoms with Crippen molar-refractivity contribution in [3.63, 3.8) is 0 Å². The minimum atomic E-state index is -1.08. The molecule has 3 rings (SSSR count). The van der Waals surface area contributed by atoms with Crippen molar-refractivity contribution in [2.45, 2.75) is 13.3 Å². The molecular formula is C21H18N2O5S. The summed E-state index contributed by atoms with van der Waals surface area (Å²) in [4.78, 5) is 37.1. The maximum absolute atomic E-state index is 13.0. The summed E-state index contributed by atoms with van der Waals surface area (Å²) in [5.41, 5.74) is 2.22. The highest BCUT2D eigenvalue weighted by molar-refractivity contribution is 7.80. The maximum atomic E-state index is 13.0. The van der Waals surface area contributed by atoms with Gasteiger partial charge in [0.15, 0.2) is 11.7 Å². The molecule has 29 heavy (non-hydrogen) atoms. The average molecular weight is 410 g/mol. The van der Waals surface area contributed by atoms with Crippen molar-refractivity contribution in [2.75, 3.05) is 11.5 Å². The Labute approximate surface area is 172 Å². The molecule has 0 aliphatic carbocycles. The van der Waals surface area contributed by atoms with E-state index in [0.717, 1.165) is 12.0 Å². The van der Waals surface area contributed by atoms with Crippen LogP contribution in [0.2, 0.25) is 0 Å². The first-order valence-electron chi connectivity index (χ1n) is 8.84. The van der Waals surface area contributed by atoms with E-state index in [1.165, 1.54) is 11.0 Å². The number of amides is 2. The number of carboxylic acids is 1. The number of hydrogen-bond acceptors (Lipinski definition) is 5. The Balaban J connectivity index is 1.85. The van der Waals surface area contributed by atoms with Crippen LogP contribution in [0.15, 0.2) is 54.1 Å². The van der Waals surface area contributed by atoms with Crippen LogP contribution >= 0.6 is 12.2 Å². The van der Waals surface area contributed by atoms with Crippen LogP contribution in [0, 0.1) is 0 Å². The summed E-state index contributed by atoms with van der Waals surface area (Å²) in [5.74, 6) is -1.81. The van der Waals surface area contributed by atoms with Gasteiger partial charge in [-0.1, -0.05) is 31.2 Å². The minimum absolute atomic E-state index is 0.0267. The Morgan fingerprint density at radius 2 is 1.79 bits per heavy atom. The number of carbonyl (C=O) groups excluding carboxylic acids is 2. The smallest absolute Gasteiger partial charge is 0.341 e. The average Bonchev–Trinajstić information content (AvgIpc) is 2.71. The van der Waals surface area contributed by atoms with Crippen LogP contribution in [0.4, 0.5) is 5.69 Å². The lowest BCUT2D eigenvalue weighted by atomic mass is 10.1. The number of nitrogens with one attached hydrogen (secondary N) is 1. The summed E-state index contributed by atoms with van der Waals surface area (Å²) < 4.78 is 5.07. The summed E-state index contributed by atoms with van der Waals surface area (Å²) in [6, 6.07) is 13.7. The molecule has 2 amide bonds. The number of aryl methyl sites for hydroxylation is 1. The zero-order valence-electron chi connectivity index (χ0n) is 15.5. The number of nitrogens with zero attached hydrogens (tertiary/aromatic N) is 1. The fourth-order valence-electron chi connectivity index (χ4n) is 2.74. The van der Waals surface area contributed by atoms with Gasteiger partial charge in [-0.05, 0) is 60.1 Å². The number of hydrogen-bond donors (Lipinski definition) is 2. The van der Waals surface area contributed by atoms with Crippen molar-refractivity contribution in [1.82, 2.24) is 5.32 Å². The second kappa shape index (κ2) is 8.66. The maximum Gasteiger partial charge on any atom is 0.341 e. The van der Waals surface area contributed by atoms with Crippen molar-refractivity contribution in [1.29, 1.82) is 0 Å². The second-order valence-corrected chi connectivity index (χ2v) is 6.62. The first-order valence-corrected chi connectivity index (χ1v) is 9.25. The molecule has 0 bridgehead atoms. The molecule has 2 aromatic carbocycles. The molecule has 7 nitrogen and oxygen atoms in total. The quantitative estimate of drug-likeness (QED) is 0.432. The van der Waals surface area contributed by atoms with Gasteiger partial charge < -0.3 is 9.84 Å². The number of benzene rings is 2. The third-order valence-corrected chi connectivity index (χ3v) is 4.54. The number of thiocarbonyl (C=S) groups is 1. The van der Waals surface area contributed by atoms with Gasteiger partial charge in [-0.3, -0.25) is 19.8 Å². The van der Waals surface area contributed by atoms with Crippen molar-refractivity contribution in [3.8, 4) is 5.75 Å². The fraction of sp³-hybridized carbons (Fsp3) is 0.143. The van der Waals surface area contributed by atoms with E-state index in [1.807, 2.05) is 19.1 Å². The van der Waals surface area contributed by atoms with Gasteiger partial charge in [0, 0.05) is 0 Å². The van der Waals surface area contributed by atoms with Crippen LogP contribution in [0.25, 0.3) is 6.08 Å². The second-order valence-electron chi connectivity index (χ2n) is 6.23. The predicted octanol–water partition coefficient (Wildman–Crippen LogP) is 2.54. The molecule has 0 atom stereocenters. The van der Waals surface area contributed by atoms with Crippen LogP contribution in [0.5, 0.6) is 5.75 Å². The van der Waals surface area contributed by atoms with Crippen molar-refractivity contribution in [2.24, 2.45) is 0 Å². The SMILES string of the molecule is CCc1ccc(N2C(=O)C(=Cc3ccc(OCC(=O)O)cc3)C(=O)NC2=S)cc1. The molecule has 0 radical (unpaired) electrons. The van der Waals surface area contributed by atoms with E-state index in [-0.39, 0.29) is 10.7 Å². The van der Waals surface area contributed by atoms with Gasteiger partial charge in [-0.15, -0.1) is 0 Å². The molecule has 1 fully saturated rings. The summed E-state index contributed by atoms with van der Waals surface area (Å²) in [5, 5.41) is 11.2. The summed E-state index contributed by atoms with van der Waals surface area (Å²) in [6.07, 6.45) is 2.32. The first-order chi connectivity index (χ1) is 13.9. The normalized spacial score (nSPS) is 15.4. The van der Waals surface area contributed by atoms with Crippen LogP contribution < -0.4 is 15.0 Å². The van der Waals surface area contributed by atoms with E-state index in [4.69, 9.17) is 22.1 Å². The van der Waals surface area contributed by atoms with Crippen LogP contribution in [-0.4, -0.2) is 34.6 Å². The topological polar surface area (TPSA) is 95.9 Å². The molecule has 1 aliphatic heterocycles. The highest BCUT2D eigenvalue weighted by atomic mass is 32.1. The van der Waals surface area contributed by atoms with E-state index in [1.54, 1.807) is 36.4 Å². The molecule has 0 aromatic heterocycles. The third kappa shape index (κ3) is 4.67. The van der Waals surface area contributed by atoms with Crippen LogP contribution in [0.3, 0.4) is 0 Å². The molecule has 148 valence electrons. The van der Waals surface area contributed by atoms with Gasteiger partial charge in [0.1, 0.15) is 11.3 Å². The zero-order valence-corrected chi connectivity index (χ0v) is 16.4. The van der Waals surface area contributed by atoms with Crippen molar-refractivity contribution in [3.05, 3.63) is 65.2 Å². The van der Waals surface area contributed by atoms with E-state index in [9.17, 15) is 14.4 Å². The highest BCUT2D eigenvalue weighted by Crippen LogP contribution is 2.23. The lowest BCUT2D eigenvalue weighted by Gasteiger charge is -2.29. The first kappa shape index (κ1) is 20.2. The Morgan fingerprint density at radius 3 is 2.38 bits per heavy atom. The van der Waals surface area contributed by atoms with Crippen LogP contribution in [-0.2, 0) is 20.8 Å². The number of rotatable bonds is 6. The van der Waals surface area contributed by atoms with Gasteiger partial charge >= 0.3 is 5.97 Å². The molecule has 8 heteroatoms. The highest BCUT2D eigenvalue weighted by Gasteiger charge is 2.34. The molecular weight excluding hydrogens is 392 g/mol. The lowest BCUT2D eigenvalue weighted by molar-refractivity contribution is -0.139. The number of carbonyl (C=O) groups is 3. The predicted molar refractivity (Wildman–Crippen MR) is 112 cm³/mol. The Hall–Kier alpha value is -3.52. The van der Waals surface area contributed by atoms with Crippen molar-refractivity contribution >= 4 is 46.9 Å². The molecule has 0 saturated carbocycles. The molecule has 2 N–H and O–H groups in total. The van der Waals surface area contributed by atoms with Gasteiger partial charge in [-0.2, -0.15) is 0 Å². The summed E-state index contributed by atoms with van der Waals surface area (Å²) in [6.45, 7) is 1.58. The van der Waals surface area contributed by atoms with Crippen molar-refractivity contribution < 1.29 is 24.2 Å². The van der Waals surface area contributed by atoms with Gasteiger partial charge in [0.05, 0.1) is 5.69 Å². The molecule has 2 aromatic rings. The zero-order chi connectivity index (χ0) is 21.0. The molecule has 1 heterocycles. The van der Waals surface area contributed by atoms with E-state index < -0.39 is 24.4 Å². The fourth-order valence-corrected chi connectivity index (χ4v) is 3.03. The lowest BCUT2D eigenvalue weighted by Crippen LogP contribution is -2.54. The largest absolute Gasteiger partial charge is 0.482 e. The van der Waals surface area contributed by atoms with Gasteiger partial charge in [0.25, 0.3) is 11.8 Å². The Morgan fingerprint density at radius 1 is 1.14 bits per heavy atom. The number of anilines is 1. The van der Waals surface area contributed by atoms with E-state index in [0.29, 0.717) is 17.0 Å². The summed E-state index contributed by atoms with van der Waals surface area (Å²) in [7, 11) is 0. The number of ether oxygens (including phenoxy) is 1. The standard InChI is InChI=1S/C21H18N2O5S/c1-2-13-3-7-15(8-4-13)23-20(27)17(19(26)22-21(23)29)11-14-5-9-16(10-6-14)28-12-18(24)25/h3-11H,2,12H2,1H3,(H,24,25)(H,22,26,29). The molecule has 1 aliphatic rings. The number of carboxylic acid groups (broad SMARTS) is 1. The van der Waals surface area contributed by atoms with E-state index >= 15 is 0 Å². The third-order valence-electron chi connectivity index (χ3n) is 4.26. The van der Waals surface area contributed by atoms with Gasteiger partial charge in [0.2, 0.25) is 0 Å².